The normalized spacial score (nSPS) is 14.1. The van der Waals surface area contributed by atoms with Crippen LogP contribution in [0.1, 0.15) is 15.9 Å². The summed E-state index contributed by atoms with van der Waals surface area (Å²) in [6, 6.07) is 10.6. The number of nitrogens with zero attached hydrogens (tertiary/aromatic N) is 1. The third-order valence-corrected chi connectivity index (χ3v) is 3.27. The van der Waals surface area contributed by atoms with Crippen molar-refractivity contribution in [2.45, 2.75) is 6.54 Å². The largest absolute Gasteiger partial charge is 0.491 e. The van der Waals surface area contributed by atoms with E-state index in [1.54, 1.807) is 11.0 Å². The summed E-state index contributed by atoms with van der Waals surface area (Å²) >= 11 is 0. The summed E-state index contributed by atoms with van der Waals surface area (Å²) in [6.45, 7) is 1.49. The molecule has 5 heteroatoms. The zero-order chi connectivity index (χ0) is 13.9. The van der Waals surface area contributed by atoms with Gasteiger partial charge in [-0.15, -0.1) is 0 Å². The summed E-state index contributed by atoms with van der Waals surface area (Å²) in [5.41, 5.74) is 1.25. The van der Waals surface area contributed by atoms with Crippen LogP contribution >= 0.6 is 0 Å². The maximum atomic E-state index is 12.4. The summed E-state index contributed by atoms with van der Waals surface area (Å²) in [5.74, 6) is 0.714. The number of nitrogens with one attached hydrogen (secondary N) is 1. The highest BCUT2D eigenvalue weighted by Gasteiger charge is 2.20. The van der Waals surface area contributed by atoms with Crippen LogP contribution in [0.3, 0.4) is 0 Å². The van der Waals surface area contributed by atoms with Crippen LogP contribution in [0.25, 0.3) is 0 Å². The Morgan fingerprint density at radius 3 is 2.85 bits per heavy atom. The van der Waals surface area contributed by atoms with Crippen LogP contribution in [0.15, 0.2) is 47.4 Å². The van der Waals surface area contributed by atoms with Gasteiger partial charge in [0, 0.05) is 24.4 Å². The van der Waals surface area contributed by atoms with E-state index < -0.39 is 0 Å². The number of hydrogen-bond acceptors (Lipinski definition) is 3. The van der Waals surface area contributed by atoms with E-state index in [9.17, 15) is 9.59 Å². The summed E-state index contributed by atoms with van der Waals surface area (Å²) < 4.78 is 5.63. The van der Waals surface area contributed by atoms with Gasteiger partial charge in [0.2, 0.25) is 5.56 Å². The number of hydrogen-bond donors (Lipinski definition) is 1. The van der Waals surface area contributed by atoms with Crippen molar-refractivity contribution in [3.8, 4) is 5.75 Å². The second kappa shape index (κ2) is 5.21. The molecule has 1 N–H and O–H groups in total. The highest BCUT2D eigenvalue weighted by molar-refractivity contribution is 5.93. The molecule has 1 aromatic carbocycles. The second-order valence-corrected chi connectivity index (χ2v) is 4.62. The average molecular weight is 270 g/mol. The first kappa shape index (κ1) is 12.5. The van der Waals surface area contributed by atoms with E-state index in [2.05, 4.69) is 4.98 Å². The van der Waals surface area contributed by atoms with Gasteiger partial charge in [-0.2, -0.15) is 0 Å². The van der Waals surface area contributed by atoms with Crippen LogP contribution in [0.2, 0.25) is 0 Å². The van der Waals surface area contributed by atoms with Crippen molar-refractivity contribution < 1.29 is 9.53 Å². The third-order valence-electron chi connectivity index (χ3n) is 3.27. The highest BCUT2D eigenvalue weighted by atomic mass is 16.5. The van der Waals surface area contributed by atoms with Gasteiger partial charge in [-0.1, -0.05) is 18.2 Å². The predicted octanol–water partition coefficient (Wildman–Crippen LogP) is 1.41. The summed E-state index contributed by atoms with van der Waals surface area (Å²) in [6.07, 6.45) is 1.45. The minimum absolute atomic E-state index is 0.110. The van der Waals surface area contributed by atoms with E-state index >= 15 is 0 Å². The molecular weight excluding hydrogens is 256 g/mol. The highest BCUT2D eigenvalue weighted by Crippen LogP contribution is 2.23. The molecule has 1 aliphatic rings. The fourth-order valence-electron chi connectivity index (χ4n) is 2.23. The maximum absolute atomic E-state index is 12.4. The third kappa shape index (κ3) is 2.42. The van der Waals surface area contributed by atoms with Crippen molar-refractivity contribution in [1.82, 2.24) is 9.88 Å². The SMILES string of the molecule is O=C(c1ccc(=O)[nH]c1)N1CCOc2ccccc2C1. The van der Waals surface area contributed by atoms with Crippen LogP contribution in [-0.2, 0) is 6.54 Å². The topological polar surface area (TPSA) is 62.4 Å². The fraction of sp³-hybridized carbons (Fsp3) is 0.200. The van der Waals surface area contributed by atoms with Crippen molar-refractivity contribution >= 4 is 5.91 Å². The van der Waals surface area contributed by atoms with Gasteiger partial charge in [-0.05, 0) is 12.1 Å². The van der Waals surface area contributed by atoms with Crippen molar-refractivity contribution in [2.75, 3.05) is 13.2 Å². The quantitative estimate of drug-likeness (QED) is 0.852. The van der Waals surface area contributed by atoms with E-state index in [1.807, 2.05) is 24.3 Å². The number of ether oxygens (including phenoxy) is 1. The average Bonchev–Trinajstić information content (AvgIpc) is 2.69. The Balaban J connectivity index is 1.85. The van der Waals surface area contributed by atoms with Crippen molar-refractivity contribution in [2.24, 2.45) is 0 Å². The molecule has 0 bridgehead atoms. The number of aromatic nitrogens is 1. The first-order chi connectivity index (χ1) is 9.74. The fourth-order valence-corrected chi connectivity index (χ4v) is 2.23. The minimum Gasteiger partial charge on any atom is -0.491 e. The molecule has 0 saturated heterocycles. The zero-order valence-electron chi connectivity index (χ0n) is 10.8. The van der Waals surface area contributed by atoms with E-state index in [1.165, 1.54) is 12.3 Å². The lowest BCUT2D eigenvalue weighted by atomic mass is 10.1. The standard InChI is InChI=1S/C15H14N2O3/c18-14-6-5-11(9-16-14)15(19)17-7-8-20-13-4-2-1-3-12(13)10-17/h1-6,9H,7-8,10H2,(H,16,18). The number of pyridine rings is 1. The number of fused-ring (bicyclic) bond motifs is 1. The molecule has 5 nitrogen and oxygen atoms in total. The van der Waals surface area contributed by atoms with Crippen molar-refractivity contribution in [1.29, 1.82) is 0 Å². The van der Waals surface area contributed by atoms with Gasteiger partial charge in [0.1, 0.15) is 12.4 Å². The van der Waals surface area contributed by atoms with Gasteiger partial charge in [-0.25, -0.2) is 0 Å². The van der Waals surface area contributed by atoms with Crippen molar-refractivity contribution in [3.05, 3.63) is 64.1 Å². The number of H-pyrrole nitrogens is 1. The number of para-hydroxylation sites is 1. The molecule has 0 radical (unpaired) electrons. The lowest BCUT2D eigenvalue weighted by molar-refractivity contribution is 0.0733. The van der Waals surface area contributed by atoms with E-state index in [-0.39, 0.29) is 11.5 Å². The first-order valence-corrected chi connectivity index (χ1v) is 6.43. The summed E-state index contributed by atoms with van der Waals surface area (Å²) in [4.78, 5) is 27.7. The van der Waals surface area contributed by atoms with Gasteiger partial charge in [0.25, 0.3) is 5.91 Å². The van der Waals surface area contributed by atoms with E-state index in [0.717, 1.165) is 11.3 Å². The Morgan fingerprint density at radius 2 is 2.05 bits per heavy atom. The molecule has 2 heterocycles. The molecule has 1 aromatic heterocycles. The monoisotopic (exact) mass is 270 g/mol. The first-order valence-electron chi connectivity index (χ1n) is 6.43. The van der Waals surface area contributed by atoms with E-state index in [4.69, 9.17) is 4.74 Å². The molecule has 0 spiro atoms. The van der Waals surface area contributed by atoms with Crippen LogP contribution in [0.4, 0.5) is 0 Å². The lowest BCUT2D eigenvalue weighted by Crippen LogP contribution is -2.32. The summed E-state index contributed by atoms with van der Waals surface area (Å²) in [5, 5.41) is 0. The van der Waals surface area contributed by atoms with Gasteiger partial charge in [-0.3, -0.25) is 9.59 Å². The Labute approximate surface area is 115 Å². The molecule has 0 aliphatic carbocycles. The Bertz CT molecular complexity index is 673. The molecule has 102 valence electrons. The maximum Gasteiger partial charge on any atom is 0.255 e. The van der Waals surface area contributed by atoms with E-state index in [0.29, 0.717) is 25.3 Å². The molecule has 2 aromatic rings. The number of benzene rings is 1. The molecule has 0 saturated carbocycles. The molecule has 1 amide bonds. The molecule has 0 fully saturated rings. The smallest absolute Gasteiger partial charge is 0.255 e. The lowest BCUT2D eigenvalue weighted by Gasteiger charge is -2.19. The Kier molecular flexibility index (Phi) is 3.25. The Morgan fingerprint density at radius 1 is 1.20 bits per heavy atom. The Hall–Kier alpha value is -2.56. The molecular formula is C15H14N2O3. The van der Waals surface area contributed by atoms with Gasteiger partial charge < -0.3 is 14.6 Å². The molecule has 3 rings (SSSR count). The number of aromatic amines is 1. The molecule has 1 aliphatic heterocycles. The number of carbonyl (C=O) groups is 1. The minimum atomic E-state index is -0.217. The summed E-state index contributed by atoms with van der Waals surface area (Å²) in [7, 11) is 0. The number of amides is 1. The van der Waals surface area contributed by atoms with Gasteiger partial charge in [0.15, 0.2) is 0 Å². The molecule has 0 atom stereocenters. The second-order valence-electron chi connectivity index (χ2n) is 4.62. The van der Waals surface area contributed by atoms with Crippen LogP contribution in [0, 0.1) is 0 Å². The van der Waals surface area contributed by atoms with Crippen molar-refractivity contribution in [3.63, 3.8) is 0 Å². The predicted molar refractivity (Wildman–Crippen MR) is 73.7 cm³/mol. The van der Waals surface area contributed by atoms with Gasteiger partial charge >= 0.3 is 0 Å². The number of carbonyl (C=O) groups excluding carboxylic acids is 1. The molecule has 0 unspecified atom stereocenters. The molecule has 20 heavy (non-hydrogen) atoms. The van der Waals surface area contributed by atoms with Crippen LogP contribution < -0.4 is 10.3 Å². The van der Waals surface area contributed by atoms with Crippen LogP contribution in [-0.4, -0.2) is 28.9 Å². The number of rotatable bonds is 1. The van der Waals surface area contributed by atoms with Crippen LogP contribution in [0.5, 0.6) is 5.75 Å². The zero-order valence-corrected chi connectivity index (χ0v) is 10.8. The van der Waals surface area contributed by atoms with Gasteiger partial charge in [0.05, 0.1) is 12.1 Å².